The largest absolute Gasteiger partial charge is 0.355 e. The van der Waals surface area contributed by atoms with E-state index >= 15 is 0 Å². The van der Waals surface area contributed by atoms with Gasteiger partial charge >= 0.3 is 0 Å². The Bertz CT molecular complexity index is 896. The summed E-state index contributed by atoms with van der Waals surface area (Å²) in [5.74, 6) is -0.634. The van der Waals surface area contributed by atoms with Crippen LogP contribution in [-0.4, -0.2) is 24.0 Å². The van der Waals surface area contributed by atoms with E-state index in [1.54, 1.807) is 43.4 Å². The van der Waals surface area contributed by atoms with Crippen molar-refractivity contribution in [3.63, 3.8) is 0 Å². The molecule has 1 heterocycles. The molecular formula is C20H20FN3O2S. The highest BCUT2D eigenvalue weighted by molar-refractivity contribution is 8.15. The van der Waals surface area contributed by atoms with Crippen LogP contribution in [0.2, 0.25) is 0 Å². The lowest BCUT2D eigenvalue weighted by molar-refractivity contribution is -0.121. The van der Waals surface area contributed by atoms with Crippen LogP contribution in [0.1, 0.15) is 41.4 Å². The number of amidine groups is 1. The predicted octanol–water partition coefficient (Wildman–Crippen LogP) is 3.38. The molecule has 2 amide bonds. The van der Waals surface area contributed by atoms with Crippen molar-refractivity contribution >= 4 is 28.7 Å². The van der Waals surface area contributed by atoms with Gasteiger partial charge in [0, 0.05) is 12.6 Å². The minimum atomic E-state index is -0.831. The number of amides is 2. The summed E-state index contributed by atoms with van der Waals surface area (Å²) in [6.45, 7) is 3.72. The Morgan fingerprint density at radius 1 is 1.19 bits per heavy atom. The van der Waals surface area contributed by atoms with Gasteiger partial charge in [-0.05, 0) is 49.2 Å². The number of carbonyl (C=O) groups is 2. The predicted molar refractivity (Wildman–Crippen MR) is 105 cm³/mol. The highest BCUT2D eigenvalue weighted by Gasteiger charge is 2.44. The average Bonchev–Trinajstić information content (AvgIpc) is 2.96. The molecular weight excluding hydrogens is 365 g/mol. The molecule has 2 aromatic carbocycles. The number of thioether (sulfide) groups is 1. The summed E-state index contributed by atoms with van der Waals surface area (Å²) >= 11 is 1.34. The first kappa shape index (κ1) is 19.1. The Hall–Kier alpha value is -2.67. The Morgan fingerprint density at radius 2 is 1.81 bits per heavy atom. The van der Waals surface area contributed by atoms with Crippen LogP contribution < -0.4 is 10.6 Å². The maximum atomic E-state index is 13.1. The van der Waals surface area contributed by atoms with E-state index in [4.69, 9.17) is 0 Å². The van der Waals surface area contributed by atoms with Gasteiger partial charge in [-0.2, -0.15) is 0 Å². The fraction of sp³-hybridized carbons (Fsp3) is 0.250. The molecule has 0 bridgehead atoms. The van der Waals surface area contributed by atoms with Gasteiger partial charge in [0.25, 0.3) is 5.91 Å². The summed E-state index contributed by atoms with van der Waals surface area (Å²) in [6.07, 6.45) is 0. The van der Waals surface area contributed by atoms with E-state index in [-0.39, 0.29) is 23.7 Å². The average molecular weight is 385 g/mol. The summed E-state index contributed by atoms with van der Waals surface area (Å²) in [5, 5.41) is 5.92. The van der Waals surface area contributed by atoms with Gasteiger partial charge in [-0.3, -0.25) is 14.6 Å². The van der Waals surface area contributed by atoms with Crippen LogP contribution >= 0.6 is 11.8 Å². The second kappa shape index (κ2) is 7.52. The smallest absolute Gasteiger partial charge is 0.251 e. The van der Waals surface area contributed by atoms with Gasteiger partial charge in [-0.15, -0.1) is 0 Å². The number of nitrogens with zero attached hydrogens (tertiary/aromatic N) is 1. The van der Waals surface area contributed by atoms with Crippen molar-refractivity contribution in [1.29, 1.82) is 0 Å². The van der Waals surface area contributed by atoms with Crippen LogP contribution in [0.5, 0.6) is 0 Å². The number of halogens is 1. The summed E-state index contributed by atoms with van der Waals surface area (Å²) in [4.78, 5) is 28.9. The zero-order valence-electron chi connectivity index (χ0n) is 15.2. The van der Waals surface area contributed by atoms with Gasteiger partial charge in [-0.25, -0.2) is 4.39 Å². The monoisotopic (exact) mass is 385 g/mol. The molecule has 3 rings (SSSR count). The molecule has 7 heteroatoms. The second-order valence-electron chi connectivity index (χ2n) is 6.41. The van der Waals surface area contributed by atoms with E-state index in [1.807, 2.05) is 13.8 Å². The molecule has 2 atom stereocenters. The third kappa shape index (κ3) is 3.88. The van der Waals surface area contributed by atoms with E-state index in [2.05, 4.69) is 15.6 Å². The lowest BCUT2D eigenvalue weighted by Gasteiger charge is -2.19. The first-order valence-corrected chi connectivity index (χ1v) is 9.31. The van der Waals surface area contributed by atoms with Gasteiger partial charge in [0.05, 0.1) is 6.04 Å². The summed E-state index contributed by atoms with van der Waals surface area (Å²) in [5.41, 5.74) is 2.19. The Labute approximate surface area is 161 Å². The van der Waals surface area contributed by atoms with Gasteiger partial charge in [0.2, 0.25) is 5.91 Å². The van der Waals surface area contributed by atoms with E-state index < -0.39 is 4.75 Å². The van der Waals surface area contributed by atoms with Crippen LogP contribution in [0.25, 0.3) is 0 Å². The van der Waals surface area contributed by atoms with Gasteiger partial charge in [-0.1, -0.05) is 36.0 Å². The fourth-order valence-corrected chi connectivity index (χ4v) is 3.94. The first-order valence-electron chi connectivity index (χ1n) is 8.50. The summed E-state index contributed by atoms with van der Waals surface area (Å²) in [7, 11) is 1.57. The van der Waals surface area contributed by atoms with Crippen molar-refractivity contribution in [2.75, 3.05) is 7.05 Å². The lowest BCUT2D eigenvalue weighted by atomic mass is 9.98. The molecule has 5 nitrogen and oxygen atoms in total. The molecule has 0 aromatic heterocycles. The molecule has 1 fully saturated rings. The Kier molecular flexibility index (Phi) is 5.32. The van der Waals surface area contributed by atoms with Crippen molar-refractivity contribution in [3.05, 3.63) is 71.0 Å². The third-order valence-electron chi connectivity index (χ3n) is 4.54. The molecule has 0 radical (unpaired) electrons. The van der Waals surface area contributed by atoms with Crippen LogP contribution in [0.3, 0.4) is 0 Å². The van der Waals surface area contributed by atoms with Crippen molar-refractivity contribution < 1.29 is 14.0 Å². The van der Waals surface area contributed by atoms with Crippen molar-refractivity contribution in [3.8, 4) is 0 Å². The van der Waals surface area contributed by atoms with Crippen molar-refractivity contribution in [2.24, 2.45) is 4.99 Å². The number of carbonyl (C=O) groups excluding carboxylic acids is 2. The maximum absolute atomic E-state index is 13.1. The summed E-state index contributed by atoms with van der Waals surface area (Å²) in [6, 6.07) is 12.9. The molecule has 2 aromatic rings. The quantitative estimate of drug-likeness (QED) is 0.848. The number of aliphatic imine (C=N–C) groups is 1. The van der Waals surface area contributed by atoms with Gasteiger partial charge < -0.3 is 10.6 Å². The summed E-state index contributed by atoms with van der Waals surface area (Å²) < 4.78 is 12.2. The molecule has 0 aliphatic carbocycles. The Balaban J connectivity index is 1.81. The minimum absolute atomic E-state index is 0.162. The normalized spacial score (nSPS) is 21.8. The molecule has 0 saturated carbocycles. The zero-order chi connectivity index (χ0) is 19.6. The maximum Gasteiger partial charge on any atom is 0.251 e. The van der Waals surface area contributed by atoms with Crippen molar-refractivity contribution in [1.82, 2.24) is 10.6 Å². The molecule has 2 N–H and O–H groups in total. The van der Waals surface area contributed by atoms with Gasteiger partial charge in [0.1, 0.15) is 10.6 Å². The van der Waals surface area contributed by atoms with E-state index in [0.717, 1.165) is 11.1 Å². The topological polar surface area (TPSA) is 70.6 Å². The third-order valence-corrected chi connectivity index (χ3v) is 5.77. The van der Waals surface area contributed by atoms with E-state index in [0.29, 0.717) is 10.7 Å². The van der Waals surface area contributed by atoms with E-state index in [1.165, 1.54) is 23.9 Å². The van der Waals surface area contributed by atoms with E-state index in [9.17, 15) is 14.0 Å². The van der Waals surface area contributed by atoms with Gasteiger partial charge in [0.15, 0.2) is 5.17 Å². The SMILES string of the molecule is CNC(=O)c1ccc(C2(C)SC(=N[C@@H](C)c3ccc(F)cc3)NC2=O)cc1. The van der Waals surface area contributed by atoms with Crippen LogP contribution in [0.15, 0.2) is 53.5 Å². The van der Waals surface area contributed by atoms with Crippen LogP contribution in [0.4, 0.5) is 4.39 Å². The molecule has 1 aliphatic rings. The molecule has 1 unspecified atom stereocenters. The lowest BCUT2D eigenvalue weighted by Crippen LogP contribution is -2.31. The highest BCUT2D eigenvalue weighted by atomic mass is 32.2. The minimum Gasteiger partial charge on any atom is -0.355 e. The molecule has 140 valence electrons. The van der Waals surface area contributed by atoms with Crippen molar-refractivity contribution in [2.45, 2.75) is 24.6 Å². The standard InChI is InChI=1S/C20H20FN3O2S/c1-12(13-6-10-16(21)11-7-13)23-19-24-18(26)20(2,27-19)15-8-4-14(5-9-15)17(25)22-3/h4-12H,1-3H3,(H,22,25)(H,23,24,26)/t12-,20?/m0/s1. The number of rotatable bonds is 4. The molecule has 1 saturated heterocycles. The fourth-order valence-electron chi connectivity index (χ4n) is 2.81. The number of hydrogen-bond donors (Lipinski definition) is 2. The molecule has 0 spiro atoms. The highest BCUT2D eigenvalue weighted by Crippen LogP contribution is 2.41. The van der Waals surface area contributed by atoms with Crippen LogP contribution in [0, 0.1) is 5.82 Å². The number of nitrogens with one attached hydrogen (secondary N) is 2. The first-order chi connectivity index (χ1) is 12.8. The molecule has 27 heavy (non-hydrogen) atoms. The Morgan fingerprint density at radius 3 is 2.41 bits per heavy atom. The van der Waals surface area contributed by atoms with Crippen LogP contribution in [-0.2, 0) is 9.54 Å². The molecule has 1 aliphatic heterocycles. The zero-order valence-corrected chi connectivity index (χ0v) is 16.1. The second-order valence-corrected chi connectivity index (χ2v) is 7.82. The number of benzene rings is 2. The number of hydrogen-bond acceptors (Lipinski definition) is 4.